The second kappa shape index (κ2) is 5.82. The normalized spacial score (nSPS) is 37.0. The first kappa shape index (κ1) is 14.5. The van der Waals surface area contributed by atoms with Gasteiger partial charge in [-0.25, -0.2) is 0 Å². The van der Waals surface area contributed by atoms with Crippen LogP contribution in [0.3, 0.4) is 0 Å². The largest absolute Gasteiger partial charge is 0.394 e. The molecule has 0 amide bonds. The molecule has 1 aliphatic heterocycles. The number of nitrogens with zero attached hydrogens (tertiary/aromatic N) is 1. The second-order valence-electron chi connectivity index (χ2n) is 8.23. The molecule has 0 bridgehead atoms. The highest BCUT2D eigenvalue weighted by atomic mass is 16.3. The number of aliphatic hydroxyl groups is 1. The molecule has 0 radical (unpaired) electrons. The van der Waals surface area contributed by atoms with Crippen molar-refractivity contribution >= 4 is 0 Å². The molecule has 0 aromatic heterocycles. The van der Waals surface area contributed by atoms with Gasteiger partial charge in [0.15, 0.2) is 0 Å². The van der Waals surface area contributed by atoms with Crippen LogP contribution in [-0.2, 0) is 0 Å². The van der Waals surface area contributed by atoms with E-state index in [9.17, 15) is 5.11 Å². The van der Waals surface area contributed by atoms with Crippen molar-refractivity contribution in [3.8, 4) is 0 Å². The van der Waals surface area contributed by atoms with Gasteiger partial charge < -0.3 is 10.4 Å². The van der Waals surface area contributed by atoms with Gasteiger partial charge in [0.25, 0.3) is 0 Å². The highest BCUT2D eigenvalue weighted by Gasteiger charge is 2.49. The van der Waals surface area contributed by atoms with E-state index in [0.717, 1.165) is 24.4 Å². The first-order valence-electron chi connectivity index (χ1n) is 9.43. The molecule has 120 valence electrons. The van der Waals surface area contributed by atoms with Gasteiger partial charge in [-0.15, -0.1) is 0 Å². The van der Waals surface area contributed by atoms with Crippen LogP contribution in [0.15, 0.2) is 0 Å². The molecule has 3 heteroatoms. The van der Waals surface area contributed by atoms with Crippen LogP contribution in [0.2, 0.25) is 0 Å². The summed E-state index contributed by atoms with van der Waals surface area (Å²) in [5, 5.41) is 14.1. The van der Waals surface area contributed by atoms with Crippen molar-refractivity contribution in [1.29, 1.82) is 0 Å². The van der Waals surface area contributed by atoms with Crippen LogP contribution in [0.4, 0.5) is 0 Å². The number of piperidine rings is 1. The zero-order valence-corrected chi connectivity index (χ0v) is 13.4. The molecule has 2 N–H and O–H groups in total. The van der Waals surface area contributed by atoms with E-state index in [1.807, 2.05) is 0 Å². The molecule has 0 aromatic rings. The quantitative estimate of drug-likeness (QED) is 0.790. The minimum atomic E-state index is 0.0144. The van der Waals surface area contributed by atoms with Crippen molar-refractivity contribution < 1.29 is 5.11 Å². The predicted octanol–water partition coefficient (Wildman–Crippen LogP) is 2.53. The monoisotopic (exact) mass is 292 g/mol. The Kier molecular flexibility index (Phi) is 4.01. The molecule has 3 unspecified atom stereocenters. The summed E-state index contributed by atoms with van der Waals surface area (Å²) in [5.41, 5.74) is 0.0144. The minimum Gasteiger partial charge on any atom is -0.394 e. The lowest BCUT2D eigenvalue weighted by molar-refractivity contribution is 0.0127. The lowest BCUT2D eigenvalue weighted by atomic mass is 9.77. The van der Waals surface area contributed by atoms with Crippen LogP contribution in [0, 0.1) is 11.8 Å². The molecule has 4 fully saturated rings. The Morgan fingerprint density at radius 3 is 2.43 bits per heavy atom. The number of likely N-dealkylation sites (tertiary alicyclic amines) is 1. The fourth-order valence-electron chi connectivity index (χ4n) is 5.07. The number of hydrogen-bond donors (Lipinski definition) is 2. The van der Waals surface area contributed by atoms with Gasteiger partial charge in [-0.05, 0) is 69.7 Å². The standard InChI is InChI=1S/C18H32N2O/c21-13-18(15-7-8-15,19-16-9-10-16)12-20-11-3-5-14-4-1-2-6-17(14)20/h14-17,19,21H,1-13H2. The molecular weight excluding hydrogens is 260 g/mol. The SMILES string of the molecule is OCC(CN1CCCC2CCCCC21)(NC1CC1)C1CC1. The summed E-state index contributed by atoms with van der Waals surface area (Å²) < 4.78 is 0. The van der Waals surface area contributed by atoms with E-state index < -0.39 is 0 Å². The average molecular weight is 292 g/mol. The topological polar surface area (TPSA) is 35.5 Å². The number of nitrogens with one attached hydrogen (secondary N) is 1. The van der Waals surface area contributed by atoms with Crippen LogP contribution in [-0.4, -0.2) is 47.3 Å². The molecule has 3 nitrogen and oxygen atoms in total. The molecule has 1 saturated heterocycles. The zero-order valence-electron chi connectivity index (χ0n) is 13.4. The first-order chi connectivity index (χ1) is 10.3. The summed E-state index contributed by atoms with van der Waals surface area (Å²) in [4.78, 5) is 2.78. The molecule has 4 rings (SSSR count). The van der Waals surface area contributed by atoms with Crippen LogP contribution in [0.25, 0.3) is 0 Å². The molecule has 3 aliphatic carbocycles. The van der Waals surface area contributed by atoms with Crippen LogP contribution < -0.4 is 5.32 Å². The van der Waals surface area contributed by atoms with Gasteiger partial charge in [0, 0.05) is 18.6 Å². The Balaban J connectivity index is 1.48. The fourth-order valence-corrected chi connectivity index (χ4v) is 5.07. The highest BCUT2D eigenvalue weighted by molar-refractivity contribution is 5.07. The molecule has 0 spiro atoms. The third kappa shape index (κ3) is 3.02. The van der Waals surface area contributed by atoms with Crippen molar-refractivity contribution in [2.45, 2.75) is 81.8 Å². The summed E-state index contributed by atoms with van der Waals surface area (Å²) in [7, 11) is 0. The predicted molar refractivity (Wildman–Crippen MR) is 85.3 cm³/mol. The lowest BCUT2D eigenvalue weighted by Crippen LogP contribution is -2.62. The van der Waals surface area contributed by atoms with Gasteiger partial charge in [-0.1, -0.05) is 12.8 Å². The summed E-state index contributed by atoms with van der Waals surface area (Å²) in [6, 6.07) is 1.52. The van der Waals surface area contributed by atoms with E-state index in [1.165, 1.54) is 70.8 Å². The maximum atomic E-state index is 10.2. The number of aliphatic hydroxyl groups excluding tert-OH is 1. The third-order valence-electron chi connectivity index (χ3n) is 6.55. The summed E-state index contributed by atoms with van der Waals surface area (Å²) in [6.07, 6.45) is 13.8. The minimum absolute atomic E-state index is 0.0144. The van der Waals surface area contributed by atoms with Gasteiger partial charge >= 0.3 is 0 Å². The van der Waals surface area contributed by atoms with Crippen LogP contribution in [0.5, 0.6) is 0 Å². The molecule has 21 heavy (non-hydrogen) atoms. The van der Waals surface area contributed by atoms with Crippen molar-refractivity contribution in [1.82, 2.24) is 10.2 Å². The van der Waals surface area contributed by atoms with Crippen molar-refractivity contribution in [3.05, 3.63) is 0 Å². The summed E-state index contributed by atoms with van der Waals surface area (Å²) in [6.45, 7) is 2.70. The van der Waals surface area contributed by atoms with Crippen LogP contribution >= 0.6 is 0 Å². The Labute approximate surface area is 129 Å². The number of fused-ring (bicyclic) bond motifs is 1. The van der Waals surface area contributed by atoms with Crippen molar-refractivity contribution in [3.63, 3.8) is 0 Å². The van der Waals surface area contributed by atoms with Gasteiger partial charge in [-0.2, -0.15) is 0 Å². The van der Waals surface area contributed by atoms with Gasteiger partial charge in [0.2, 0.25) is 0 Å². The van der Waals surface area contributed by atoms with Crippen molar-refractivity contribution in [2.24, 2.45) is 11.8 Å². The Morgan fingerprint density at radius 2 is 1.71 bits per heavy atom. The number of hydrogen-bond acceptors (Lipinski definition) is 3. The first-order valence-corrected chi connectivity index (χ1v) is 9.43. The Bertz CT molecular complexity index is 364. The maximum Gasteiger partial charge on any atom is 0.0628 e. The fraction of sp³-hybridized carbons (Fsp3) is 1.00. The smallest absolute Gasteiger partial charge is 0.0628 e. The van der Waals surface area contributed by atoms with Gasteiger partial charge in [0.05, 0.1) is 12.1 Å². The van der Waals surface area contributed by atoms with Gasteiger partial charge in [-0.3, -0.25) is 4.90 Å². The van der Waals surface area contributed by atoms with E-state index in [1.54, 1.807) is 0 Å². The third-order valence-corrected chi connectivity index (χ3v) is 6.55. The van der Waals surface area contributed by atoms with Crippen molar-refractivity contribution in [2.75, 3.05) is 19.7 Å². The van der Waals surface area contributed by atoms with E-state index >= 15 is 0 Å². The van der Waals surface area contributed by atoms with Crippen LogP contribution in [0.1, 0.15) is 64.2 Å². The maximum absolute atomic E-state index is 10.2. The molecular formula is C18H32N2O. The molecule has 3 saturated carbocycles. The van der Waals surface area contributed by atoms with Gasteiger partial charge in [0.1, 0.15) is 0 Å². The molecule has 0 aromatic carbocycles. The number of rotatable bonds is 6. The summed E-state index contributed by atoms with van der Waals surface area (Å²) in [5.74, 6) is 1.68. The molecule has 1 heterocycles. The Morgan fingerprint density at radius 1 is 0.952 bits per heavy atom. The zero-order chi connectivity index (χ0) is 14.3. The highest BCUT2D eigenvalue weighted by Crippen LogP contribution is 2.44. The second-order valence-corrected chi connectivity index (χ2v) is 8.23. The summed E-state index contributed by atoms with van der Waals surface area (Å²) >= 11 is 0. The lowest BCUT2D eigenvalue weighted by Gasteiger charge is -2.48. The molecule has 3 atom stereocenters. The van der Waals surface area contributed by atoms with E-state index in [2.05, 4.69) is 10.2 Å². The molecule has 4 aliphatic rings. The van der Waals surface area contributed by atoms with E-state index in [4.69, 9.17) is 0 Å². The average Bonchev–Trinajstić information content (AvgIpc) is 3.39. The Hall–Kier alpha value is -0.120. The van der Waals surface area contributed by atoms with E-state index in [-0.39, 0.29) is 5.54 Å². The van der Waals surface area contributed by atoms with E-state index in [0.29, 0.717) is 12.6 Å².